The maximum atomic E-state index is 11.7. The van der Waals surface area contributed by atoms with Crippen LogP contribution in [-0.4, -0.2) is 29.6 Å². The number of hydrogen-bond acceptors (Lipinski definition) is 4. The molecule has 1 aliphatic carbocycles. The average Bonchev–Trinajstić information content (AvgIpc) is 3.28. The summed E-state index contributed by atoms with van der Waals surface area (Å²) in [5.41, 5.74) is 3.80. The fourth-order valence-corrected chi connectivity index (χ4v) is 4.12. The zero-order valence-corrected chi connectivity index (χ0v) is 15.5. The third-order valence-electron chi connectivity index (χ3n) is 4.91. The Morgan fingerprint density at radius 2 is 2.00 bits per heavy atom. The zero-order valence-electron chi connectivity index (χ0n) is 14.6. The van der Waals surface area contributed by atoms with E-state index in [1.807, 2.05) is 18.2 Å². The predicted octanol–water partition coefficient (Wildman–Crippen LogP) is 3.98. The van der Waals surface area contributed by atoms with E-state index in [0.717, 1.165) is 27.9 Å². The molecule has 0 aliphatic heterocycles. The summed E-state index contributed by atoms with van der Waals surface area (Å²) in [6.45, 7) is 0. The average molecular weight is 367 g/mol. The number of sulfone groups is 1. The van der Waals surface area contributed by atoms with Crippen molar-refractivity contribution in [1.29, 1.82) is 0 Å². The molecule has 0 amide bonds. The molecule has 0 spiro atoms. The van der Waals surface area contributed by atoms with Crippen molar-refractivity contribution in [2.75, 3.05) is 6.26 Å². The lowest BCUT2D eigenvalue weighted by Gasteiger charge is -2.10. The van der Waals surface area contributed by atoms with Crippen LogP contribution < -0.4 is 0 Å². The summed E-state index contributed by atoms with van der Waals surface area (Å²) in [6, 6.07) is 9.45. The first-order valence-electron chi connectivity index (χ1n) is 8.83. The summed E-state index contributed by atoms with van der Waals surface area (Å²) >= 11 is 0. The number of allylic oxidation sites excluding steroid dienone is 1. The number of nitrogens with zero attached hydrogens (tertiary/aromatic N) is 2. The lowest BCUT2D eigenvalue weighted by atomic mass is 9.97. The van der Waals surface area contributed by atoms with Gasteiger partial charge >= 0.3 is 0 Å². The molecule has 1 N–H and O–H groups in total. The standard InChI is InChI=1S/C20H21N3O2S/c1-26(24,25)19-9-8-16(13-22-19)17(11-14-5-2-3-6-14)18-12-15-7-4-10-21-20(15)23-18/h4,7-14H,2-3,5-6H2,1H3,(H,21,23)/b17-11+. The lowest BCUT2D eigenvalue weighted by Crippen LogP contribution is -2.01. The second-order valence-corrected chi connectivity index (χ2v) is 8.87. The highest BCUT2D eigenvalue weighted by Gasteiger charge is 2.17. The number of fused-ring (bicyclic) bond motifs is 1. The van der Waals surface area contributed by atoms with Gasteiger partial charge in [0.15, 0.2) is 14.9 Å². The van der Waals surface area contributed by atoms with Gasteiger partial charge in [-0.2, -0.15) is 0 Å². The fraction of sp³-hybridized carbons (Fsp3) is 0.300. The molecule has 0 atom stereocenters. The minimum absolute atomic E-state index is 0.0970. The van der Waals surface area contributed by atoms with Crippen LogP contribution in [0.15, 0.2) is 53.8 Å². The number of H-pyrrole nitrogens is 1. The lowest BCUT2D eigenvalue weighted by molar-refractivity contribution is 0.598. The predicted molar refractivity (Wildman–Crippen MR) is 102 cm³/mol. The highest BCUT2D eigenvalue weighted by molar-refractivity contribution is 7.90. The van der Waals surface area contributed by atoms with Crippen molar-refractivity contribution >= 4 is 26.4 Å². The zero-order chi connectivity index (χ0) is 18.1. The SMILES string of the molecule is CS(=O)(=O)c1ccc(/C(=C\C2CCCC2)c2cc3cccnc3[nH]2)cn1. The van der Waals surface area contributed by atoms with Crippen LogP contribution in [0.5, 0.6) is 0 Å². The van der Waals surface area contributed by atoms with E-state index >= 15 is 0 Å². The van der Waals surface area contributed by atoms with E-state index in [2.05, 4.69) is 27.1 Å². The monoisotopic (exact) mass is 367 g/mol. The fourth-order valence-electron chi connectivity index (χ4n) is 3.56. The van der Waals surface area contributed by atoms with E-state index in [9.17, 15) is 8.42 Å². The summed E-state index contributed by atoms with van der Waals surface area (Å²) < 4.78 is 23.4. The molecule has 26 heavy (non-hydrogen) atoms. The van der Waals surface area contributed by atoms with Gasteiger partial charge in [0, 0.05) is 40.9 Å². The van der Waals surface area contributed by atoms with Crippen LogP contribution in [0.1, 0.15) is 36.9 Å². The van der Waals surface area contributed by atoms with Gasteiger partial charge < -0.3 is 4.98 Å². The molecule has 134 valence electrons. The van der Waals surface area contributed by atoms with E-state index in [1.54, 1.807) is 18.5 Å². The van der Waals surface area contributed by atoms with E-state index in [1.165, 1.54) is 31.9 Å². The van der Waals surface area contributed by atoms with Crippen LogP contribution in [0.25, 0.3) is 16.6 Å². The van der Waals surface area contributed by atoms with E-state index in [0.29, 0.717) is 5.92 Å². The Morgan fingerprint density at radius 3 is 2.65 bits per heavy atom. The normalized spacial score (nSPS) is 16.4. The van der Waals surface area contributed by atoms with E-state index < -0.39 is 9.84 Å². The molecule has 1 saturated carbocycles. The Kier molecular flexibility index (Phi) is 4.36. The molecule has 3 aromatic rings. The summed E-state index contributed by atoms with van der Waals surface area (Å²) in [6.07, 6.45) is 11.8. The molecular formula is C20H21N3O2S. The van der Waals surface area contributed by atoms with Crippen molar-refractivity contribution in [1.82, 2.24) is 15.0 Å². The minimum atomic E-state index is -3.30. The molecule has 0 aromatic carbocycles. The molecule has 3 heterocycles. The van der Waals surface area contributed by atoms with E-state index in [4.69, 9.17) is 0 Å². The Balaban J connectivity index is 1.80. The van der Waals surface area contributed by atoms with Crippen molar-refractivity contribution in [2.45, 2.75) is 30.7 Å². The molecular weight excluding hydrogens is 346 g/mol. The number of aromatic nitrogens is 3. The van der Waals surface area contributed by atoms with Crippen LogP contribution in [0.4, 0.5) is 0 Å². The first-order valence-corrected chi connectivity index (χ1v) is 10.7. The highest BCUT2D eigenvalue weighted by Crippen LogP contribution is 2.32. The molecule has 1 aliphatic rings. The van der Waals surface area contributed by atoms with Gasteiger partial charge in [-0.1, -0.05) is 18.9 Å². The number of rotatable bonds is 4. The first-order chi connectivity index (χ1) is 12.5. The Hall–Kier alpha value is -2.47. The molecule has 6 heteroatoms. The quantitative estimate of drug-likeness (QED) is 0.757. The van der Waals surface area contributed by atoms with Crippen molar-refractivity contribution in [3.63, 3.8) is 0 Å². The Labute approximate surface area is 153 Å². The molecule has 0 radical (unpaired) electrons. The molecule has 0 bridgehead atoms. The number of nitrogens with one attached hydrogen (secondary N) is 1. The van der Waals surface area contributed by atoms with Crippen molar-refractivity contribution in [3.05, 3.63) is 60.1 Å². The third kappa shape index (κ3) is 3.42. The van der Waals surface area contributed by atoms with Crippen LogP contribution in [0, 0.1) is 5.92 Å². The molecule has 4 rings (SSSR count). The second kappa shape index (κ2) is 6.68. The second-order valence-electron chi connectivity index (χ2n) is 6.91. The first kappa shape index (κ1) is 17.0. The maximum absolute atomic E-state index is 11.7. The number of aromatic amines is 1. The van der Waals surface area contributed by atoms with Gasteiger partial charge in [-0.15, -0.1) is 0 Å². The van der Waals surface area contributed by atoms with Crippen LogP contribution in [0.2, 0.25) is 0 Å². The summed E-state index contributed by atoms with van der Waals surface area (Å²) in [5.74, 6) is 0.541. The topological polar surface area (TPSA) is 75.7 Å². The molecule has 5 nitrogen and oxygen atoms in total. The Morgan fingerprint density at radius 1 is 1.19 bits per heavy atom. The van der Waals surface area contributed by atoms with Gasteiger partial charge in [-0.05, 0) is 49.1 Å². The van der Waals surface area contributed by atoms with Gasteiger partial charge in [-0.25, -0.2) is 18.4 Å². The largest absolute Gasteiger partial charge is 0.339 e. The molecule has 1 fully saturated rings. The van der Waals surface area contributed by atoms with Crippen molar-refractivity contribution in [3.8, 4) is 0 Å². The maximum Gasteiger partial charge on any atom is 0.192 e. The number of hydrogen-bond donors (Lipinski definition) is 1. The van der Waals surface area contributed by atoms with Gasteiger partial charge in [0.1, 0.15) is 5.65 Å². The summed E-state index contributed by atoms with van der Waals surface area (Å²) in [5, 5.41) is 1.15. The van der Waals surface area contributed by atoms with Crippen molar-refractivity contribution in [2.24, 2.45) is 5.92 Å². The van der Waals surface area contributed by atoms with Crippen LogP contribution >= 0.6 is 0 Å². The van der Waals surface area contributed by atoms with Crippen molar-refractivity contribution < 1.29 is 8.42 Å². The number of pyridine rings is 2. The third-order valence-corrected chi connectivity index (χ3v) is 5.91. The molecule has 0 unspecified atom stereocenters. The van der Waals surface area contributed by atoms with Gasteiger partial charge in [-0.3, -0.25) is 0 Å². The molecule has 0 saturated heterocycles. The Bertz CT molecular complexity index is 1030. The van der Waals surface area contributed by atoms with Crippen LogP contribution in [-0.2, 0) is 9.84 Å². The van der Waals surface area contributed by atoms with Gasteiger partial charge in [0.05, 0.1) is 0 Å². The van der Waals surface area contributed by atoms with E-state index in [-0.39, 0.29) is 5.03 Å². The summed E-state index contributed by atoms with van der Waals surface area (Å²) in [4.78, 5) is 11.9. The summed E-state index contributed by atoms with van der Waals surface area (Å²) in [7, 11) is -3.30. The van der Waals surface area contributed by atoms with Gasteiger partial charge in [0.2, 0.25) is 0 Å². The highest BCUT2D eigenvalue weighted by atomic mass is 32.2. The minimum Gasteiger partial charge on any atom is -0.339 e. The smallest absolute Gasteiger partial charge is 0.192 e. The molecule has 3 aromatic heterocycles. The van der Waals surface area contributed by atoms with Gasteiger partial charge in [0.25, 0.3) is 0 Å². The van der Waals surface area contributed by atoms with Crippen LogP contribution in [0.3, 0.4) is 0 Å².